The van der Waals surface area contributed by atoms with Crippen LogP contribution < -0.4 is 0 Å². The largest absolute Gasteiger partial charge is 0.302 e. The van der Waals surface area contributed by atoms with Crippen molar-refractivity contribution >= 4 is 11.1 Å². The van der Waals surface area contributed by atoms with Gasteiger partial charge < -0.3 is 4.90 Å². The molecule has 1 atom stereocenters. The molecule has 7 rings (SSSR count). The lowest BCUT2D eigenvalue weighted by Gasteiger charge is -2.27. The minimum atomic E-state index is 0.463. The number of pyridine rings is 1. The van der Waals surface area contributed by atoms with Gasteiger partial charge in [0.05, 0.1) is 5.69 Å². The number of likely N-dealkylation sites (N-methyl/N-ethyl adjacent to an activating group) is 1. The van der Waals surface area contributed by atoms with E-state index < -0.39 is 0 Å². The van der Waals surface area contributed by atoms with Gasteiger partial charge in [0.1, 0.15) is 0 Å². The van der Waals surface area contributed by atoms with Crippen LogP contribution in [-0.2, 0) is 0 Å². The van der Waals surface area contributed by atoms with Gasteiger partial charge in [-0.25, -0.2) is 0 Å². The summed E-state index contributed by atoms with van der Waals surface area (Å²) in [5.74, 6) is 0.463. The third-order valence-electron chi connectivity index (χ3n) is 8.71. The highest BCUT2D eigenvalue weighted by atomic mass is 15.1. The molecule has 3 aliphatic rings. The van der Waals surface area contributed by atoms with E-state index in [0.29, 0.717) is 5.92 Å². The van der Waals surface area contributed by atoms with Gasteiger partial charge in [0.2, 0.25) is 0 Å². The first-order valence-corrected chi connectivity index (χ1v) is 15.1. The van der Waals surface area contributed by atoms with Gasteiger partial charge >= 0.3 is 0 Å². The normalized spacial score (nSPS) is 19.0. The van der Waals surface area contributed by atoms with Crippen LogP contribution in [0.3, 0.4) is 0 Å². The molecule has 0 amide bonds. The Morgan fingerprint density at radius 1 is 0.829 bits per heavy atom. The molecule has 41 heavy (non-hydrogen) atoms. The second-order valence-corrected chi connectivity index (χ2v) is 11.6. The lowest BCUT2D eigenvalue weighted by molar-refractivity contribution is 0.356. The molecule has 0 N–H and O–H groups in total. The lowest BCUT2D eigenvalue weighted by atomic mass is 9.87. The second kappa shape index (κ2) is 12.8. The van der Waals surface area contributed by atoms with Crippen LogP contribution in [0.25, 0.3) is 11.1 Å². The molecule has 1 aromatic heterocycles. The van der Waals surface area contributed by atoms with Crippen molar-refractivity contribution in [2.75, 3.05) is 39.8 Å². The summed E-state index contributed by atoms with van der Waals surface area (Å²) < 4.78 is 0. The molecule has 1 fully saturated rings. The number of rotatable bonds is 5. The van der Waals surface area contributed by atoms with Crippen molar-refractivity contribution < 1.29 is 0 Å². The third-order valence-corrected chi connectivity index (χ3v) is 8.71. The van der Waals surface area contributed by atoms with E-state index in [1.807, 2.05) is 12.3 Å². The Morgan fingerprint density at radius 2 is 1.56 bits per heavy atom. The average Bonchev–Trinajstić information content (AvgIpc) is 3.65. The molecule has 0 bridgehead atoms. The van der Waals surface area contributed by atoms with Crippen LogP contribution in [0.4, 0.5) is 0 Å². The van der Waals surface area contributed by atoms with Crippen LogP contribution in [0.1, 0.15) is 58.7 Å². The summed E-state index contributed by atoms with van der Waals surface area (Å²) >= 11 is 0. The maximum Gasteiger partial charge on any atom is 0.0705 e. The number of nitrogens with zero attached hydrogens (tertiary/aromatic N) is 3. The van der Waals surface area contributed by atoms with Gasteiger partial charge in [-0.3, -0.25) is 9.88 Å². The van der Waals surface area contributed by atoms with E-state index in [-0.39, 0.29) is 0 Å². The van der Waals surface area contributed by atoms with Crippen molar-refractivity contribution in [2.45, 2.75) is 32.1 Å². The molecule has 0 radical (unpaired) electrons. The molecular formula is C38H41N3. The Labute approximate surface area is 245 Å². The van der Waals surface area contributed by atoms with Crippen molar-refractivity contribution in [1.82, 2.24) is 14.8 Å². The van der Waals surface area contributed by atoms with E-state index in [0.717, 1.165) is 18.8 Å². The maximum absolute atomic E-state index is 4.54. The smallest absolute Gasteiger partial charge is 0.0705 e. The first kappa shape index (κ1) is 27.4. The summed E-state index contributed by atoms with van der Waals surface area (Å²) in [6.45, 7) is 7.86. The molecule has 1 aliphatic carbocycles. The van der Waals surface area contributed by atoms with Gasteiger partial charge in [-0.2, -0.15) is 0 Å². The van der Waals surface area contributed by atoms with Gasteiger partial charge in [-0.05, 0) is 91.9 Å². The molecule has 2 aliphatic heterocycles. The number of likely N-dealkylation sites (tertiary alicyclic amines) is 1. The SMILES string of the molecule is CN1CCC2=C(C1)C(c1ccccc1)c1ccccc12.Cc1ccc(/C(=C\CN2CCCC2)c2ccccn2)cc1. The zero-order chi connectivity index (χ0) is 28.0. The molecule has 0 spiro atoms. The summed E-state index contributed by atoms with van der Waals surface area (Å²) in [6.07, 6.45) is 8.05. The standard InChI is InChI=1S/C19H22N2.C19H19N/c1-16-7-9-17(10-8-16)18(19-6-2-3-12-20-19)11-15-21-13-4-5-14-21;1-20-12-11-16-15-9-5-6-10-17(15)19(18(16)13-20)14-7-3-2-4-8-14/h2-3,6-12H,4-5,13-15H2,1H3;2-10,19H,11-13H2,1H3/b18-11+;. The minimum absolute atomic E-state index is 0.463. The lowest BCUT2D eigenvalue weighted by Crippen LogP contribution is -2.27. The number of hydrogen-bond donors (Lipinski definition) is 0. The highest BCUT2D eigenvalue weighted by Crippen LogP contribution is 2.48. The van der Waals surface area contributed by atoms with Gasteiger partial charge in [-0.1, -0.05) is 96.6 Å². The highest BCUT2D eigenvalue weighted by molar-refractivity contribution is 5.81. The third kappa shape index (κ3) is 6.27. The van der Waals surface area contributed by atoms with Crippen molar-refractivity contribution in [1.29, 1.82) is 0 Å². The average molecular weight is 540 g/mol. The van der Waals surface area contributed by atoms with Gasteiger partial charge in [0.15, 0.2) is 0 Å². The Balaban J connectivity index is 0.000000148. The molecular weight excluding hydrogens is 498 g/mol. The van der Waals surface area contributed by atoms with Crippen molar-refractivity contribution in [2.24, 2.45) is 0 Å². The number of fused-ring (bicyclic) bond motifs is 2. The first-order valence-electron chi connectivity index (χ1n) is 15.1. The number of aromatic nitrogens is 1. The van der Waals surface area contributed by atoms with Crippen LogP contribution >= 0.6 is 0 Å². The van der Waals surface area contributed by atoms with Crippen molar-refractivity contribution in [3.05, 3.63) is 148 Å². The summed E-state index contributed by atoms with van der Waals surface area (Å²) in [6, 6.07) is 34.8. The molecule has 3 nitrogen and oxygen atoms in total. The molecule has 4 aromatic rings. The van der Waals surface area contributed by atoms with Crippen LogP contribution in [0, 0.1) is 6.92 Å². The Hall–Kier alpha value is -3.79. The van der Waals surface area contributed by atoms with E-state index in [1.165, 1.54) is 72.3 Å². The van der Waals surface area contributed by atoms with E-state index in [1.54, 1.807) is 11.1 Å². The van der Waals surface area contributed by atoms with E-state index in [4.69, 9.17) is 0 Å². The summed E-state index contributed by atoms with van der Waals surface area (Å²) in [4.78, 5) is 9.49. The minimum Gasteiger partial charge on any atom is -0.302 e. The predicted octanol–water partition coefficient (Wildman–Crippen LogP) is 7.84. The van der Waals surface area contributed by atoms with Crippen LogP contribution in [0.5, 0.6) is 0 Å². The fourth-order valence-corrected chi connectivity index (χ4v) is 6.55. The Kier molecular flexibility index (Phi) is 8.55. The van der Waals surface area contributed by atoms with Crippen molar-refractivity contribution in [3.63, 3.8) is 0 Å². The molecule has 3 heteroatoms. The molecule has 3 aromatic carbocycles. The second-order valence-electron chi connectivity index (χ2n) is 11.6. The molecule has 3 heterocycles. The van der Waals surface area contributed by atoms with Gasteiger partial charge in [0, 0.05) is 37.3 Å². The van der Waals surface area contributed by atoms with Gasteiger partial charge in [0.25, 0.3) is 0 Å². The topological polar surface area (TPSA) is 19.4 Å². The molecule has 1 unspecified atom stereocenters. The zero-order valence-electron chi connectivity index (χ0n) is 24.5. The van der Waals surface area contributed by atoms with E-state index in [9.17, 15) is 0 Å². The number of hydrogen-bond acceptors (Lipinski definition) is 3. The maximum atomic E-state index is 4.54. The van der Waals surface area contributed by atoms with Crippen LogP contribution in [0.2, 0.25) is 0 Å². The summed E-state index contributed by atoms with van der Waals surface area (Å²) in [5.41, 5.74) is 12.5. The van der Waals surface area contributed by atoms with Crippen molar-refractivity contribution in [3.8, 4) is 0 Å². The van der Waals surface area contributed by atoms with Crippen LogP contribution in [-0.4, -0.2) is 54.6 Å². The quantitative estimate of drug-likeness (QED) is 0.258. The highest BCUT2D eigenvalue weighted by Gasteiger charge is 2.34. The fraction of sp³-hybridized carbons (Fsp3) is 0.289. The summed E-state index contributed by atoms with van der Waals surface area (Å²) in [5, 5.41) is 0. The van der Waals surface area contributed by atoms with E-state index in [2.05, 4.69) is 126 Å². The number of aryl methyl sites for hydroxylation is 1. The fourth-order valence-electron chi connectivity index (χ4n) is 6.55. The summed E-state index contributed by atoms with van der Waals surface area (Å²) in [7, 11) is 2.23. The number of benzene rings is 3. The Bertz CT molecular complexity index is 1500. The van der Waals surface area contributed by atoms with Crippen LogP contribution in [0.15, 0.2) is 115 Å². The monoisotopic (exact) mass is 539 g/mol. The zero-order valence-corrected chi connectivity index (χ0v) is 24.5. The Morgan fingerprint density at radius 3 is 2.32 bits per heavy atom. The molecule has 0 saturated carbocycles. The van der Waals surface area contributed by atoms with Gasteiger partial charge in [-0.15, -0.1) is 0 Å². The molecule has 1 saturated heterocycles. The first-order chi connectivity index (χ1) is 20.2. The predicted molar refractivity (Wildman–Crippen MR) is 172 cm³/mol. The molecule has 208 valence electrons. The van der Waals surface area contributed by atoms with E-state index >= 15 is 0 Å².